The lowest BCUT2D eigenvalue weighted by atomic mass is 10.1. The van der Waals surface area contributed by atoms with Crippen molar-refractivity contribution in [3.05, 3.63) is 0 Å². The maximum absolute atomic E-state index is 11.7. The molecule has 0 N–H and O–H groups in total. The predicted octanol–water partition coefficient (Wildman–Crippen LogP) is 5.00. The van der Waals surface area contributed by atoms with Gasteiger partial charge in [0.1, 0.15) is 0 Å². The summed E-state index contributed by atoms with van der Waals surface area (Å²) in [6.07, 6.45) is -3.40. The van der Waals surface area contributed by atoms with Crippen LogP contribution in [-0.4, -0.2) is 51.0 Å². The van der Waals surface area contributed by atoms with Gasteiger partial charge in [-0.25, -0.2) is 0 Å². The van der Waals surface area contributed by atoms with Gasteiger partial charge in [-0.15, -0.1) is 0 Å². The summed E-state index contributed by atoms with van der Waals surface area (Å²) in [4.78, 5) is 0. The van der Waals surface area contributed by atoms with Crippen LogP contribution in [0.15, 0.2) is 0 Å². The molecule has 0 aromatic heterocycles. The van der Waals surface area contributed by atoms with Gasteiger partial charge in [0.15, 0.2) is 0 Å². The van der Waals surface area contributed by atoms with Gasteiger partial charge in [-0.05, 0) is 45.1 Å². The maximum atomic E-state index is 11.7. The van der Waals surface area contributed by atoms with E-state index in [4.69, 9.17) is 0 Å². The van der Waals surface area contributed by atoms with Crippen molar-refractivity contribution in [1.82, 2.24) is 0 Å². The van der Waals surface area contributed by atoms with E-state index in [1.54, 1.807) is 0 Å². The number of halogens is 4. The molecule has 9 heteroatoms. The first kappa shape index (κ1) is 26.8. The Morgan fingerprint density at radius 3 is 1.52 bits per heavy atom. The molecule has 0 unspecified atom stereocenters. The van der Waals surface area contributed by atoms with Crippen molar-refractivity contribution in [3.8, 4) is 0 Å². The summed E-state index contributed by atoms with van der Waals surface area (Å²) in [5.41, 5.74) is 0. The smallest absolute Gasteiger partial charge is 0.325 e. The average molecular weight is 397 g/mol. The van der Waals surface area contributed by atoms with Crippen molar-refractivity contribution in [2.45, 2.75) is 72.4 Å². The first-order valence-corrected chi connectivity index (χ1v) is 10.5. The fraction of sp³-hybridized carbons (Fsp3) is 1.00. The molecule has 0 rings (SSSR count). The number of hydrogen-bond donors (Lipinski definition) is 0. The number of alkyl halides is 3. The highest BCUT2D eigenvalue weighted by Crippen LogP contribution is 2.23. The zero-order valence-corrected chi connectivity index (χ0v) is 16.7. The minimum Gasteiger partial charge on any atom is -0.325 e. The highest BCUT2D eigenvalue weighted by Gasteiger charge is 2.25. The lowest BCUT2D eigenvalue weighted by Crippen LogP contribution is -2.47. The maximum Gasteiger partial charge on any atom is 0.389 e. The molecule has 0 radical (unpaired) electrons. The SMILES string of the molecule is CC[N+](CC)(CC)CC.O=S(=O)(CCCCCCCC(F)(F)F)OF. The first-order valence-electron chi connectivity index (χ1n) is 8.96. The Bertz CT molecular complexity index is 393. The molecule has 0 aliphatic carbocycles. The minimum absolute atomic E-state index is 0.0376. The van der Waals surface area contributed by atoms with Gasteiger partial charge >= 0.3 is 6.18 Å². The van der Waals surface area contributed by atoms with Crippen molar-refractivity contribution in [1.29, 1.82) is 0 Å². The molecule has 0 saturated heterocycles. The van der Waals surface area contributed by atoms with Crippen LogP contribution < -0.4 is 0 Å². The molecule has 25 heavy (non-hydrogen) atoms. The lowest BCUT2D eigenvalue weighted by molar-refractivity contribution is -0.921. The second kappa shape index (κ2) is 13.7. The van der Waals surface area contributed by atoms with Crippen molar-refractivity contribution in [2.24, 2.45) is 0 Å². The van der Waals surface area contributed by atoms with Crippen LogP contribution in [0.25, 0.3) is 0 Å². The van der Waals surface area contributed by atoms with Gasteiger partial charge in [0.25, 0.3) is 10.1 Å². The molecule has 154 valence electrons. The van der Waals surface area contributed by atoms with E-state index in [1.165, 1.54) is 30.7 Å². The molecule has 0 fully saturated rings. The summed E-state index contributed by atoms with van der Waals surface area (Å²) in [7, 11) is -4.08. The molecule has 0 amide bonds. The van der Waals surface area contributed by atoms with E-state index in [0.717, 1.165) is 0 Å². The highest BCUT2D eigenvalue weighted by atomic mass is 32.2. The third-order valence-electron chi connectivity index (χ3n) is 4.63. The van der Waals surface area contributed by atoms with E-state index in [0.29, 0.717) is 19.3 Å². The zero-order valence-electron chi connectivity index (χ0n) is 15.9. The van der Waals surface area contributed by atoms with Gasteiger partial charge in [-0.2, -0.15) is 21.6 Å². The van der Waals surface area contributed by atoms with Crippen molar-refractivity contribution >= 4 is 10.1 Å². The second-order valence-corrected chi connectivity index (χ2v) is 7.71. The van der Waals surface area contributed by atoms with Gasteiger partial charge in [-0.1, -0.05) is 23.7 Å². The lowest BCUT2D eigenvalue weighted by Gasteiger charge is -2.34. The van der Waals surface area contributed by atoms with Crippen molar-refractivity contribution in [2.75, 3.05) is 31.9 Å². The summed E-state index contributed by atoms with van der Waals surface area (Å²) in [5.74, 6) is -0.442. The Morgan fingerprint density at radius 1 is 0.800 bits per heavy atom. The molecule has 0 aliphatic heterocycles. The van der Waals surface area contributed by atoms with Gasteiger partial charge in [0.2, 0.25) is 0 Å². The molecule has 4 nitrogen and oxygen atoms in total. The van der Waals surface area contributed by atoms with Crippen LogP contribution in [0, 0.1) is 0 Å². The highest BCUT2D eigenvalue weighted by molar-refractivity contribution is 7.86. The molecular formula is C16H34F4NO3S+. The molecular weight excluding hydrogens is 362 g/mol. The Balaban J connectivity index is 0. The van der Waals surface area contributed by atoms with E-state index in [9.17, 15) is 26.1 Å². The largest absolute Gasteiger partial charge is 0.389 e. The summed E-state index contributed by atoms with van der Waals surface area (Å²) >= 11 is 0. The standard InChI is InChI=1S/C8H14F4O3S.C8H20N/c9-8(10,11)6-4-2-1-3-5-7-16(13,14)15-12;1-5-9(6-2,7-3)8-4/h1-7H2;5-8H2,1-4H3/q;+1. The average Bonchev–Trinajstić information content (AvgIpc) is 2.56. The molecule has 0 aromatic rings. The number of rotatable bonds is 12. The van der Waals surface area contributed by atoms with Crippen LogP contribution in [0.2, 0.25) is 0 Å². The fourth-order valence-corrected chi connectivity index (χ4v) is 3.13. The van der Waals surface area contributed by atoms with Gasteiger partial charge < -0.3 is 4.48 Å². The first-order chi connectivity index (χ1) is 11.5. The van der Waals surface area contributed by atoms with Crippen LogP contribution in [0.3, 0.4) is 0 Å². The van der Waals surface area contributed by atoms with Crippen LogP contribution in [-0.2, 0) is 14.5 Å². The third kappa shape index (κ3) is 15.6. The molecule has 0 bridgehead atoms. The normalized spacial score (nSPS) is 12.6. The van der Waals surface area contributed by atoms with E-state index in [1.807, 2.05) is 0 Å². The van der Waals surface area contributed by atoms with Crippen LogP contribution in [0.4, 0.5) is 17.7 Å². The van der Waals surface area contributed by atoms with Crippen molar-refractivity contribution in [3.63, 3.8) is 0 Å². The zero-order chi connectivity index (χ0) is 20.0. The topological polar surface area (TPSA) is 43.4 Å². The van der Waals surface area contributed by atoms with Gasteiger partial charge in [0, 0.05) is 6.42 Å². The quantitative estimate of drug-likeness (QED) is 0.265. The predicted molar refractivity (Wildman–Crippen MR) is 92.2 cm³/mol. The second-order valence-electron chi connectivity index (χ2n) is 6.06. The van der Waals surface area contributed by atoms with Gasteiger partial charge in [-0.3, -0.25) is 0 Å². The molecule has 0 aromatic carbocycles. The Hall–Kier alpha value is -0.410. The summed E-state index contributed by atoms with van der Waals surface area (Å²) < 4.78 is 71.4. The third-order valence-corrected chi connectivity index (χ3v) is 5.61. The van der Waals surface area contributed by atoms with E-state index >= 15 is 0 Å². The molecule has 0 atom stereocenters. The Kier molecular flexibility index (Phi) is 14.7. The summed E-state index contributed by atoms with van der Waals surface area (Å²) in [5, 5.41) is 0. The molecule has 0 spiro atoms. The molecule has 0 heterocycles. The monoisotopic (exact) mass is 396 g/mol. The molecule has 0 aliphatic rings. The van der Waals surface area contributed by atoms with Crippen LogP contribution in [0.1, 0.15) is 66.2 Å². The van der Waals surface area contributed by atoms with E-state index in [2.05, 4.69) is 32.1 Å². The molecule has 0 saturated carbocycles. The minimum atomic E-state index is -4.13. The summed E-state index contributed by atoms with van der Waals surface area (Å²) in [6, 6.07) is 0. The number of nitrogens with zero attached hydrogens (tertiary/aromatic N) is 1. The Morgan fingerprint density at radius 2 is 1.20 bits per heavy atom. The van der Waals surface area contributed by atoms with Crippen LogP contribution in [0.5, 0.6) is 0 Å². The summed E-state index contributed by atoms with van der Waals surface area (Å²) in [6.45, 7) is 14.2. The van der Waals surface area contributed by atoms with E-state index in [-0.39, 0.29) is 12.8 Å². The van der Waals surface area contributed by atoms with E-state index < -0.39 is 28.5 Å². The van der Waals surface area contributed by atoms with Crippen molar-refractivity contribution < 1.29 is 35.0 Å². The Labute approximate surface area is 150 Å². The number of hydrogen-bond acceptors (Lipinski definition) is 3. The van der Waals surface area contributed by atoms with Gasteiger partial charge in [0.05, 0.1) is 31.9 Å². The number of quaternary nitrogens is 1. The fourth-order valence-electron chi connectivity index (χ4n) is 2.51. The number of unbranched alkanes of at least 4 members (excludes halogenated alkanes) is 4. The van der Waals surface area contributed by atoms with Crippen LogP contribution >= 0.6 is 0 Å².